The van der Waals surface area contributed by atoms with Crippen molar-refractivity contribution in [1.82, 2.24) is 4.98 Å². The molecule has 0 saturated carbocycles. The number of hydrogen-bond donors (Lipinski definition) is 1. The van der Waals surface area contributed by atoms with Gasteiger partial charge in [0.2, 0.25) is 0 Å². The fourth-order valence-corrected chi connectivity index (χ4v) is 1.56. The van der Waals surface area contributed by atoms with Crippen LogP contribution in [0.4, 0.5) is 13.2 Å². The number of alkyl halides is 3. The van der Waals surface area contributed by atoms with Crippen LogP contribution in [0.2, 0.25) is 0 Å². The summed E-state index contributed by atoms with van der Waals surface area (Å²) in [5.74, 6) is -0.440. The smallest absolute Gasteiger partial charge is 0.388 e. The van der Waals surface area contributed by atoms with Gasteiger partial charge < -0.3 is 9.84 Å². The molecule has 2 atom stereocenters. The van der Waals surface area contributed by atoms with Crippen LogP contribution < -0.4 is 0 Å². The third-order valence-corrected chi connectivity index (χ3v) is 2.44. The monoisotopic (exact) mass is 249 g/mol. The predicted molar refractivity (Wildman–Crippen MR) is 55.2 cm³/mol. The third kappa shape index (κ3) is 3.41. The van der Waals surface area contributed by atoms with Crippen molar-refractivity contribution in [2.75, 3.05) is 13.7 Å². The summed E-state index contributed by atoms with van der Waals surface area (Å²) < 4.78 is 42.9. The molecule has 96 valence electrons. The molecule has 0 amide bonds. The molecule has 1 heterocycles. The number of nitrogens with zero attached hydrogens (tertiary/aromatic N) is 1. The van der Waals surface area contributed by atoms with E-state index in [2.05, 4.69) is 4.98 Å². The van der Waals surface area contributed by atoms with Crippen molar-refractivity contribution < 1.29 is 23.0 Å². The lowest BCUT2D eigenvalue weighted by Crippen LogP contribution is -2.19. The summed E-state index contributed by atoms with van der Waals surface area (Å²) in [5, 5.41) is 9.84. The first-order valence-corrected chi connectivity index (χ1v) is 5.06. The standard InChI is InChI=1S/C11H14F3NO2/c1-7(6-17-2)10(16)8-5-15-4-3-9(8)11(12,13)14/h3-5,7,10,16H,6H2,1-2H3. The topological polar surface area (TPSA) is 42.4 Å². The Morgan fingerprint density at radius 1 is 1.47 bits per heavy atom. The van der Waals surface area contributed by atoms with E-state index in [-0.39, 0.29) is 12.2 Å². The van der Waals surface area contributed by atoms with E-state index in [4.69, 9.17) is 4.74 Å². The fourth-order valence-electron chi connectivity index (χ4n) is 1.56. The van der Waals surface area contributed by atoms with Crippen molar-refractivity contribution in [3.05, 3.63) is 29.6 Å². The zero-order valence-corrected chi connectivity index (χ0v) is 9.53. The van der Waals surface area contributed by atoms with Crippen LogP contribution in [-0.4, -0.2) is 23.8 Å². The van der Waals surface area contributed by atoms with E-state index in [0.29, 0.717) is 0 Å². The molecule has 0 spiro atoms. The maximum atomic E-state index is 12.7. The molecular weight excluding hydrogens is 235 g/mol. The summed E-state index contributed by atoms with van der Waals surface area (Å²) in [6.45, 7) is 1.79. The first kappa shape index (κ1) is 13.9. The van der Waals surface area contributed by atoms with Gasteiger partial charge in [-0.15, -0.1) is 0 Å². The highest BCUT2D eigenvalue weighted by Crippen LogP contribution is 2.35. The number of rotatable bonds is 4. The van der Waals surface area contributed by atoms with Crippen LogP contribution in [0.25, 0.3) is 0 Å². The number of methoxy groups -OCH3 is 1. The van der Waals surface area contributed by atoms with Crippen LogP contribution in [0.15, 0.2) is 18.5 Å². The molecule has 1 N–H and O–H groups in total. The van der Waals surface area contributed by atoms with E-state index in [0.717, 1.165) is 18.5 Å². The second-order valence-corrected chi connectivity index (χ2v) is 3.84. The highest BCUT2D eigenvalue weighted by Gasteiger charge is 2.35. The number of halogens is 3. The molecule has 0 fully saturated rings. The Balaban J connectivity index is 3.05. The molecule has 0 aliphatic carbocycles. The van der Waals surface area contributed by atoms with Gasteiger partial charge in [-0.3, -0.25) is 4.98 Å². The summed E-state index contributed by atoms with van der Waals surface area (Å²) in [6, 6.07) is 0.859. The van der Waals surface area contributed by atoms with Crippen LogP contribution in [0.1, 0.15) is 24.2 Å². The molecule has 0 aliphatic heterocycles. The molecule has 0 aliphatic rings. The van der Waals surface area contributed by atoms with Crippen LogP contribution in [0, 0.1) is 5.92 Å². The minimum absolute atomic E-state index is 0.174. The lowest BCUT2D eigenvalue weighted by atomic mass is 9.95. The largest absolute Gasteiger partial charge is 0.416 e. The van der Waals surface area contributed by atoms with Crippen molar-refractivity contribution in [2.24, 2.45) is 5.92 Å². The molecule has 0 aromatic carbocycles. The number of hydrogen-bond acceptors (Lipinski definition) is 3. The molecule has 0 radical (unpaired) electrons. The Morgan fingerprint density at radius 2 is 2.12 bits per heavy atom. The van der Waals surface area contributed by atoms with Crippen molar-refractivity contribution in [3.8, 4) is 0 Å². The van der Waals surface area contributed by atoms with Gasteiger partial charge in [0.1, 0.15) is 0 Å². The molecular formula is C11H14F3NO2. The second kappa shape index (κ2) is 5.46. The van der Waals surface area contributed by atoms with E-state index in [9.17, 15) is 18.3 Å². The number of aliphatic hydroxyl groups is 1. The predicted octanol–water partition coefficient (Wildman–Crippen LogP) is 2.42. The number of aromatic nitrogens is 1. The van der Waals surface area contributed by atoms with E-state index < -0.39 is 23.8 Å². The highest BCUT2D eigenvalue weighted by atomic mass is 19.4. The van der Waals surface area contributed by atoms with Gasteiger partial charge in [0.25, 0.3) is 0 Å². The lowest BCUT2D eigenvalue weighted by Gasteiger charge is -2.21. The minimum atomic E-state index is -4.49. The molecule has 6 heteroatoms. The van der Waals surface area contributed by atoms with Crippen molar-refractivity contribution >= 4 is 0 Å². The van der Waals surface area contributed by atoms with Crippen molar-refractivity contribution in [3.63, 3.8) is 0 Å². The lowest BCUT2D eigenvalue weighted by molar-refractivity contribution is -0.139. The highest BCUT2D eigenvalue weighted by molar-refractivity contribution is 5.28. The van der Waals surface area contributed by atoms with Gasteiger partial charge in [0, 0.05) is 31.0 Å². The van der Waals surface area contributed by atoms with E-state index in [1.54, 1.807) is 6.92 Å². The van der Waals surface area contributed by atoms with Gasteiger partial charge in [-0.2, -0.15) is 13.2 Å². The molecule has 1 rings (SSSR count). The Kier molecular flexibility index (Phi) is 4.47. The van der Waals surface area contributed by atoms with E-state index in [1.807, 2.05) is 0 Å². The van der Waals surface area contributed by atoms with Crippen molar-refractivity contribution in [2.45, 2.75) is 19.2 Å². The Morgan fingerprint density at radius 3 is 2.65 bits per heavy atom. The average Bonchev–Trinajstić information content (AvgIpc) is 2.27. The first-order chi connectivity index (χ1) is 7.88. The zero-order chi connectivity index (χ0) is 13.1. The van der Waals surface area contributed by atoms with E-state index >= 15 is 0 Å². The molecule has 2 unspecified atom stereocenters. The summed E-state index contributed by atoms with van der Waals surface area (Å²) >= 11 is 0. The SMILES string of the molecule is COCC(C)C(O)c1cnccc1C(F)(F)F. The Labute approximate surface area is 97.2 Å². The summed E-state index contributed by atoms with van der Waals surface area (Å²) in [5.41, 5.74) is -1.08. The third-order valence-electron chi connectivity index (χ3n) is 2.44. The molecule has 17 heavy (non-hydrogen) atoms. The van der Waals surface area contributed by atoms with Crippen molar-refractivity contribution in [1.29, 1.82) is 0 Å². The van der Waals surface area contributed by atoms with Gasteiger partial charge in [-0.1, -0.05) is 6.92 Å². The van der Waals surface area contributed by atoms with Crippen LogP contribution in [0.5, 0.6) is 0 Å². The van der Waals surface area contributed by atoms with Gasteiger partial charge in [-0.05, 0) is 6.07 Å². The maximum absolute atomic E-state index is 12.7. The minimum Gasteiger partial charge on any atom is -0.388 e. The Hall–Kier alpha value is -1.14. The summed E-state index contributed by atoms with van der Waals surface area (Å²) in [6.07, 6.45) is -3.65. The first-order valence-electron chi connectivity index (χ1n) is 5.06. The van der Waals surface area contributed by atoms with Gasteiger partial charge in [0.15, 0.2) is 0 Å². The van der Waals surface area contributed by atoms with Crippen LogP contribution in [0.3, 0.4) is 0 Å². The number of ether oxygens (including phenoxy) is 1. The summed E-state index contributed by atoms with van der Waals surface area (Å²) in [7, 11) is 1.43. The second-order valence-electron chi connectivity index (χ2n) is 3.84. The Bertz CT molecular complexity index is 368. The average molecular weight is 249 g/mol. The van der Waals surface area contributed by atoms with Crippen LogP contribution >= 0.6 is 0 Å². The van der Waals surface area contributed by atoms with Gasteiger partial charge >= 0.3 is 6.18 Å². The maximum Gasteiger partial charge on any atom is 0.416 e. The molecule has 3 nitrogen and oxygen atoms in total. The molecule has 0 saturated heterocycles. The molecule has 1 aromatic rings. The molecule has 1 aromatic heterocycles. The zero-order valence-electron chi connectivity index (χ0n) is 9.53. The number of pyridine rings is 1. The summed E-state index contributed by atoms with van der Waals surface area (Å²) in [4.78, 5) is 3.62. The fraction of sp³-hybridized carbons (Fsp3) is 0.545. The van der Waals surface area contributed by atoms with Gasteiger partial charge in [0.05, 0.1) is 18.3 Å². The van der Waals surface area contributed by atoms with E-state index in [1.165, 1.54) is 7.11 Å². The van der Waals surface area contributed by atoms with Crippen LogP contribution in [-0.2, 0) is 10.9 Å². The normalized spacial score (nSPS) is 15.6. The quantitative estimate of drug-likeness (QED) is 0.891. The molecule has 0 bridgehead atoms. The number of aliphatic hydroxyl groups excluding tert-OH is 1. The van der Waals surface area contributed by atoms with Gasteiger partial charge in [-0.25, -0.2) is 0 Å².